The number of rotatable bonds is 5. The number of hydrogen-bond acceptors (Lipinski definition) is 3. The highest BCUT2D eigenvalue weighted by atomic mass is 19.1. The smallest absolute Gasteiger partial charge is 0.161 e. The van der Waals surface area contributed by atoms with E-state index in [1.165, 1.54) is 12.1 Å². The van der Waals surface area contributed by atoms with E-state index in [1.54, 1.807) is 14.2 Å². The van der Waals surface area contributed by atoms with Gasteiger partial charge in [0.15, 0.2) is 11.5 Å². The van der Waals surface area contributed by atoms with Gasteiger partial charge in [-0.15, -0.1) is 0 Å². The van der Waals surface area contributed by atoms with Crippen LogP contribution in [0.2, 0.25) is 0 Å². The molecule has 0 radical (unpaired) electrons. The lowest BCUT2D eigenvalue weighted by Crippen LogP contribution is -2.07. The Balaban J connectivity index is 2.21. The third-order valence-corrected chi connectivity index (χ3v) is 3.33. The molecule has 0 aromatic heterocycles. The molecule has 0 bridgehead atoms. The molecule has 1 unspecified atom stereocenters. The van der Waals surface area contributed by atoms with Crippen molar-refractivity contribution in [1.29, 1.82) is 0 Å². The molecule has 0 heterocycles. The number of aryl methyl sites for hydroxylation is 1. The van der Waals surface area contributed by atoms with E-state index in [9.17, 15) is 4.39 Å². The first-order valence-corrected chi connectivity index (χ1v) is 6.79. The fourth-order valence-corrected chi connectivity index (χ4v) is 2.28. The molecule has 0 aliphatic rings. The summed E-state index contributed by atoms with van der Waals surface area (Å²) in [7, 11) is 3.21. The van der Waals surface area contributed by atoms with Crippen molar-refractivity contribution in [3.05, 3.63) is 53.3 Å². The van der Waals surface area contributed by atoms with Crippen molar-refractivity contribution in [3.63, 3.8) is 0 Å². The SMILES string of the molecule is COc1ccc(C(C)Nc2cc(C)cc(F)c2)cc1OC. The number of hydrogen-bond donors (Lipinski definition) is 1. The van der Waals surface area contributed by atoms with E-state index < -0.39 is 0 Å². The van der Waals surface area contributed by atoms with Crippen molar-refractivity contribution in [1.82, 2.24) is 0 Å². The molecular formula is C17H20FNO2. The Morgan fingerprint density at radius 3 is 2.33 bits per heavy atom. The van der Waals surface area contributed by atoms with Crippen LogP contribution in [0.3, 0.4) is 0 Å². The minimum absolute atomic E-state index is 0.0195. The van der Waals surface area contributed by atoms with Gasteiger partial charge in [-0.05, 0) is 55.3 Å². The molecule has 0 spiro atoms. The first kappa shape index (κ1) is 15.2. The van der Waals surface area contributed by atoms with Crippen molar-refractivity contribution < 1.29 is 13.9 Å². The second kappa shape index (κ2) is 6.48. The number of nitrogens with one attached hydrogen (secondary N) is 1. The van der Waals surface area contributed by atoms with E-state index in [2.05, 4.69) is 5.32 Å². The molecule has 2 rings (SSSR count). The number of halogens is 1. The fraction of sp³-hybridized carbons (Fsp3) is 0.294. The van der Waals surface area contributed by atoms with Crippen LogP contribution in [0.5, 0.6) is 11.5 Å². The molecule has 112 valence electrons. The molecule has 0 fully saturated rings. The van der Waals surface area contributed by atoms with E-state index in [-0.39, 0.29) is 11.9 Å². The van der Waals surface area contributed by atoms with Crippen LogP contribution in [-0.4, -0.2) is 14.2 Å². The highest BCUT2D eigenvalue weighted by Gasteiger charge is 2.10. The van der Waals surface area contributed by atoms with Crippen LogP contribution in [0.25, 0.3) is 0 Å². The van der Waals surface area contributed by atoms with E-state index in [1.807, 2.05) is 38.1 Å². The lowest BCUT2D eigenvalue weighted by molar-refractivity contribution is 0.354. The molecule has 0 amide bonds. The van der Waals surface area contributed by atoms with Gasteiger partial charge in [-0.2, -0.15) is 0 Å². The monoisotopic (exact) mass is 289 g/mol. The number of methoxy groups -OCH3 is 2. The van der Waals surface area contributed by atoms with Crippen molar-refractivity contribution in [2.75, 3.05) is 19.5 Å². The summed E-state index contributed by atoms with van der Waals surface area (Å²) in [6.45, 7) is 3.89. The van der Waals surface area contributed by atoms with Crippen LogP contribution in [0, 0.1) is 12.7 Å². The number of benzene rings is 2. The second-order valence-corrected chi connectivity index (χ2v) is 5.00. The van der Waals surface area contributed by atoms with Crippen LogP contribution in [-0.2, 0) is 0 Å². The first-order valence-electron chi connectivity index (χ1n) is 6.79. The van der Waals surface area contributed by atoms with Crippen molar-refractivity contribution in [2.24, 2.45) is 0 Å². The summed E-state index contributed by atoms with van der Waals surface area (Å²) in [5.74, 6) is 1.13. The average molecular weight is 289 g/mol. The lowest BCUT2D eigenvalue weighted by Gasteiger charge is -2.18. The van der Waals surface area contributed by atoms with Crippen LogP contribution < -0.4 is 14.8 Å². The van der Waals surface area contributed by atoms with Gasteiger partial charge in [0.1, 0.15) is 5.82 Å². The van der Waals surface area contributed by atoms with Gasteiger partial charge in [0.25, 0.3) is 0 Å². The van der Waals surface area contributed by atoms with Gasteiger partial charge in [0.05, 0.1) is 14.2 Å². The van der Waals surface area contributed by atoms with Gasteiger partial charge in [0.2, 0.25) is 0 Å². The van der Waals surface area contributed by atoms with Crippen LogP contribution in [0.15, 0.2) is 36.4 Å². The zero-order chi connectivity index (χ0) is 15.4. The van der Waals surface area contributed by atoms with Gasteiger partial charge in [-0.25, -0.2) is 4.39 Å². The zero-order valence-corrected chi connectivity index (χ0v) is 12.7. The van der Waals surface area contributed by atoms with Gasteiger partial charge < -0.3 is 14.8 Å². The maximum Gasteiger partial charge on any atom is 0.161 e. The summed E-state index contributed by atoms with van der Waals surface area (Å²) in [5.41, 5.74) is 2.68. The van der Waals surface area contributed by atoms with Crippen molar-refractivity contribution in [2.45, 2.75) is 19.9 Å². The third kappa shape index (κ3) is 3.66. The van der Waals surface area contributed by atoms with Crippen molar-refractivity contribution in [3.8, 4) is 11.5 Å². The maximum atomic E-state index is 13.4. The largest absolute Gasteiger partial charge is 0.493 e. The van der Waals surface area contributed by atoms with E-state index >= 15 is 0 Å². The fourth-order valence-electron chi connectivity index (χ4n) is 2.28. The average Bonchev–Trinajstić information content (AvgIpc) is 2.45. The summed E-state index contributed by atoms with van der Waals surface area (Å²) in [6.07, 6.45) is 0. The maximum absolute atomic E-state index is 13.4. The van der Waals surface area contributed by atoms with Gasteiger partial charge in [-0.3, -0.25) is 0 Å². The molecule has 3 nitrogen and oxygen atoms in total. The zero-order valence-electron chi connectivity index (χ0n) is 12.7. The van der Waals surface area contributed by atoms with Crippen LogP contribution in [0.1, 0.15) is 24.1 Å². The second-order valence-electron chi connectivity index (χ2n) is 5.00. The topological polar surface area (TPSA) is 30.5 Å². The molecule has 21 heavy (non-hydrogen) atoms. The predicted molar refractivity (Wildman–Crippen MR) is 82.7 cm³/mol. The van der Waals surface area contributed by atoms with E-state index in [0.29, 0.717) is 11.5 Å². The predicted octanol–water partition coefficient (Wildman–Crippen LogP) is 4.32. The Labute approximate surface area is 124 Å². The Morgan fingerprint density at radius 1 is 1.00 bits per heavy atom. The van der Waals surface area contributed by atoms with Crippen LogP contribution in [0.4, 0.5) is 10.1 Å². The quantitative estimate of drug-likeness (QED) is 0.889. The highest BCUT2D eigenvalue weighted by Crippen LogP contribution is 2.31. The summed E-state index contributed by atoms with van der Waals surface area (Å²) in [6, 6.07) is 10.7. The van der Waals surface area contributed by atoms with Crippen LogP contribution >= 0.6 is 0 Å². The summed E-state index contributed by atoms with van der Waals surface area (Å²) >= 11 is 0. The Hall–Kier alpha value is -2.23. The molecule has 0 aliphatic carbocycles. The Morgan fingerprint density at radius 2 is 1.71 bits per heavy atom. The molecule has 1 atom stereocenters. The summed E-state index contributed by atoms with van der Waals surface area (Å²) in [5, 5.41) is 3.29. The van der Waals surface area contributed by atoms with Gasteiger partial charge in [-0.1, -0.05) is 6.07 Å². The third-order valence-electron chi connectivity index (χ3n) is 3.33. The lowest BCUT2D eigenvalue weighted by atomic mass is 10.1. The highest BCUT2D eigenvalue weighted by molar-refractivity contribution is 5.50. The molecule has 0 saturated carbocycles. The standard InChI is InChI=1S/C17H20FNO2/c1-11-7-14(18)10-15(8-11)19-12(2)13-5-6-16(20-3)17(9-13)21-4/h5-10,12,19H,1-4H3. The number of anilines is 1. The van der Waals surface area contributed by atoms with E-state index in [0.717, 1.165) is 16.8 Å². The normalized spacial score (nSPS) is 11.9. The molecule has 4 heteroatoms. The molecular weight excluding hydrogens is 269 g/mol. The Kier molecular flexibility index (Phi) is 4.68. The van der Waals surface area contributed by atoms with Crippen molar-refractivity contribution >= 4 is 5.69 Å². The van der Waals surface area contributed by atoms with Gasteiger partial charge >= 0.3 is 0 Å². The minimum Gasteiger partial charge on any atom is -0.493 e. The molecule has 0 saturated heterocycles. The molecule has 2 aromatic carbocycles. The summed E-state index contributed by atoms with van der Waals surface area (Å²) in [4.78, 5) is 0. The van der Waals surface area contributed by atoms with Gasteiger partial charge in [0, 0.05) is 11.7 Å². The molecule has 0 aliphatic heterocycles. The van der Waals surface area contributed by atoms with E-state index in [4.69, 9.17) is 9.47 Å². The number of ether oxygens (including phenoxy) is 2. The summed E-state index contributed by atoms with van der Waals surface area (Å²) < 4.78 is 24.0. The minimum atomic E-state index is -0.239. The molecule has 2 aromatic rings. The molecule has 1 N–H and O–H groups in total. The first-order chi connectivity index (χ1) is 10.0. The Bertz CT molecular complexity index is 608.